The SMILES string of the molecule is C[C@H](NCc1c(Cl)ccc(Cl)c1Cl)c1ccc(Cl)cc1. The maximum absolute atomic E-state index is 6.17. The first-order valence-corrected chi connectivity index (χ1v) is 7.61. The zero-order chi connectivity index (χ0) is 14.7. The van der Waals surface area contributed by atoms with Gasteiger partial charge >= 0.3 is 0 Å². The van der Waals surface area contributed by atoms with Crippen LogP contribution < -0.4 is 5.32 Å². The van der Waals surface area contributed by atoms with Crippen LogP contribution in [-0.2, 0) is 6.54 Å². The van der Waals surface area contributed by atoms with Crippen LogP contribution in [0.4, 0.5) is 0 Å². The second kappa shape index (κ2) is 7.02. The zero-order valence-electron chi connectivity index (χ0n) is 10.8. The van der Waals surface area contributed by atoms with Crippen LogP contribution in [0.25, 0.3) is 0 Å². The Labute approximate surface area is 138 Å². The second-order valence-electron chi connectivity index (χ2n) is 4.48. The van der Waals surface area contributed by atoms with Gasteiger partial charge in [0.05, 0.1) is 10.0 Å². The van der Waals surface area contributed by atoms with E-state index >= 15 is 0 Å². The van der Waals surface area contributed by atoms with Crippen LogP contribution in [0.15, 0.2) is 36.4 Å². The number of hydrogen-bond donors (Lipinski definition) is 1. The Morgan fingerprint density at radius 2 is 1.50 bits per heavy atom. The van der Waals surface area contributed by atoms with Crippen molar-refractivity contribution in [1.29, 1.82) is 0 Å². The Kier molecular flexibility index (Phi) is 5.59. The van der Waals surface area contributed by atoms with Crippen LogP contribution in [0.1, 0.15) is 24.1 Å². The third kappa shape index (κ3) is 3.81. The third-order valence-electron chi connectivity index (χ3n) is 3.09. The molecule has 0 aliphatic rings. The maximum Gasteiger partial charge on any atom is 0.0652 e. The Bertz CT molecular complexity index is 596. The quantitative estimate of drug-likeness (QED) is 0.653. The van der Waals surface area contributed by atoms with Gasteiger partial charge in [-0.3, -0.25) is 0 Å². The van der Waals surface area contributed by atoms with Gasteiger partial charge in [0, 0.05) is 28.2 Å². The summed E-state index contributed by atoms with van der Waals surface area (Å²) in [6.07, 6.45) is 0. The van der Waals surface area contributed by atoms with Crippen molar-refractivity contribution in [3.05, 3.63) is 67.6 Å². The molecule has 0 spiro atoms. The Morgan fingerprint density at radius 1 is 0.900 bits per heavy atom. The van der Waals surface area contributed by atoms with E-state index in [0.29, 0.717) is 21.6 Å². The van der Waals surface area contributed by atoms with Crippen LogP contribution in [0.3, 0.4) is 0 Å². The van der Waals surface area contributed by atoms with E-state index in [1.54, 1.807) is 12.1 Å². The fourth-order valence-corrected chi connectivity index (χ4v) is 2.66. The summed E-state index contributed by atoms with van der Waals surface area (Å²) in [7, 11) is 0. The molecule has 0 aliphatic carbocycles. The minimum atomic E-state index is 0.151. The molecule has 2 aromatic rings. The fraction of sp³-hybridized carbons (Fsp3) is 0.200. The third-order valence-corrected chi connectivity index (χ3v) is 4.54. The zero-order valence-corrected chi connectivity index (χ0v) is 13.8. The molecule has 0 bridgehead atoms. The highest BCUT2D eigenvalue weighted by molar-refractivity contribution is 6.44. The number of halogens is 4. The van der Waals surface area contributed by atoms with Gasteiger partial charge in [-0.15, -0.1) is 0 Å². The van der Waals surface area contributed by atoms with Gasteiger partial charge in [-0.1, -0.05) is 58.5 Å². The summed E-state index contributed by atoms with van der Waals surface area (Å²) in [5.41, 5.74) is 1.95. The molecule has 20 heavy (non-hydrogen) atoms. The summed E-state index contributed by atoms with van der Waals surface area (Å²) < 4.78 is 0. The number of hydrogen-bond acceptors (Lipinski definition) is 1. The predicted molar refractivity (Wildman–Crippen MR) is 88.2 cm³/mol. The first-order valence-electron chi connectivity index (χ1n) is 6.10. The summed E-state index contributed by atoms with van der Waals surface area (Å²) in [4.78, 5) is 0. The summed E-state index contributed by atoms with van der Waals surface area (Å²) in [6.45, 7) is 2.61. The van der Waals surface area contributed by atoms with Gasteiger partial charge in [-0.05, 0) is 36.8 Å². The molecule has 2 rings (SSSR count). The number of nitrogens with one attached hydrogen (secondary N) is 1. The van der Waals surface area contributed by atoms with Gasteiger partial charge < -0.3 is 5.32 Å². The highest BCUT2D eigenvalue weighted by Gasteiger charge is 2.11. The molecule has 0 saturated heterocycles. The lowest BCUT2D eigenvalue weighted by atomic mass is 10.1. The van der Waals surface area contributed by atoms with E-state index in [1.807, 2.05) is 24.3 Å². The van der Waals surface area contributed by atoms with E-state index in [9.17, 15) is 0 Å². The molecule has 5 heteroatoms. The average Bonchev–Trinajstić information content (AvgIpc) is 2.43. The highest BCUT2D eigenvalue weighted by Crippen LogP contribution is 2.31. The average molecular weight is 349 g/mol. The molecule has 106 valence electrons. The molecule has 0 saturated carbocycles. The van der Waals surface area contributed by atoms with Crippen LogP contribution in [0.2, 0.25) is 20.1 Å². The van der Waals surface area contributed by atoms with E-state index in [0.717, 1.165) is 16.1 Å². The van der Waals surface area contributed by atoms with Gasteiger partial charge in [0.15, 0.2) is 0 Å². The van der Waals surface area contributed by atoms with Crippen LogP contribution >= 0.6 is 46.4 Å². The number of benzene rings is 2. The van der Waals surface area contributed by atoms with Crippen LogP contribution in [0.5, 0.6) is 0 Å². The second-order valence-corrected chi connectivity index (χ2v) is 6.10. The molecule has 0 heterocycles. The van der Waals surface area contributed by atoms with Crippen molar-refractivity contribution < 1.29 is 0 Å². The molecule has 0 aliphatic heterocycles. The lowest BCUT2D eigenvalue weighted by molar-refractivity contribution is 0.575. The molecule has 1 N–H and O–H groups in total. The molecule has 0 unspecified atom stereocenters. The molecule has 0 aromatic heterocycles. The highest BCUT2D eigenvalue weighted by atomic mass is 35.5. The van der Waals surface area contributed by atoms with Gasteiger partial charge in [0.2, 0.25) is 0 Å². The minimum Gasteiger partial charge on any atom is -0.306 e. The monoisotopic (exact) mass is 347 g/mol. The Hall–Kier alpha value is -0.440. The molecular weight excluding hydrogens is 336 g/mol. The van der Waals surface area contributed by atoms with Crippen LogP contribution in [0, 0.1) is 0 Å². The van der Waals surface area contributed by atoms with Gasteiger partial charge in [0.25, 0.3) is 0 Å². The molecule has 1 atom stereocenters. The Morgan fingerprint density at radius 3 is 2.15 bits per heavy atom. The van der Waals surface area contributed by atoms with Crippen molar-refractivity contribution in [3.8, 4) is 0 Å². The van der Waals surface area contributed by atoms with Gasteiger partial charge in [-0.25, -0.2) is 0 Å². The van der Waals surface area contributed by atoms with E-state index in [2.05, 4.69) is 12.2 Å². The van der Waals surface area contributed by atoms with Gasteiger partial charge in [0.1, 0.15) is 0 Å². The van der Waals surface area contributed by atoms with Gasteiger partial charge in [-0.2, -0.15) is 0 Å². The number of rotatable bonds is 4. The molecule has 2 aromatic carbocycles. The normalized spacial score (nSPS) is 12.4. The summed E-state index contributed by atoms with van der Waals surface area (Å²) >= 11 is 24.2. The largest absolute Gasteiger partial charge is 0.306 e. The van der Waals surface area contributed by atoms with E-state index in [-0.39, 0.29) is 6.04 Å². The lowest BCUT2D eigenvalue weighted by Crippen LogP contribution is -2.18. The summed E-state index contributed by atoms with van der Waals surface area (Å²) in [5.74, 6) is 0. The molecule has 0 amide bonds. The van der Waals surface area contributed by atoms with Crippen molar-refractivity contribution in [2.75, 3.05) is 0 Å². The Balaban J connectivity index is 2.09. The lowest BCUT2D eigenvalue weighted by Gasteiger charge is -2.16. The molecule has 0 radical (unpaired) electrons. The summed E-state index contributed by atoms with van der Waals surface area (Å²) in [6, 6.07) is 11.3. The fourth-order valence-electron chi connectivity index (χ4n) is 1.86. The standard InChI is InChI=1S/C15H13Cl4N/c1-9(10-2-4-11(16)5-3-10)20-8-12-13(17)6-7-14(18)15(12)19/h2-7,9,20H,8H2,1H3/t9-/m0/s1. The summed E-state index contributed by atoms with van der Waals surface area (Å²) in [5, 5.41) is 5.71. The smallest absolute Gasteiger partial charge is 0.0652 e. The van der Waals surface area contributed by atoms with E-state index in [1.165, 1.54) is 0 Å². The first kappa shape index (κ1) is 15.9. The topological polar surface area (TPSA) is 12.0 Å². The van der Waals surface area contributed by atoms with E-state index < -0.39 is 0 Å². The predicted octanol–water partition coefficient (Wildman–Crippen LogP) is 6.15. The van der Waals surface area contributed by atoms with Crippen LogP contribution in [-0.4, -0.2) is 0 Å². The van der Waals surface area contributed by atoms with Crippen molar-refractivity contribution in [2.45, 2.75) is 19.5 Å². The first-order chi connectivity index (χ1) is 9.49. The maximum atomic E-state index is 6.17. The van der Waals surface area contributed by atoms with Crippen molar-refractivity contribution >= 4 is 46.4 Å². The van der Waals surface area contributed by atoms with E-state index in [4.69, 9.17) is 46.4 Å². The van der Waals surface area contributed by atoms with Crippen molar-refractivity contribution in [3.63, 3.8) is 0 Å². The molecular formula is C15H13Cl4N. The van der Waals surface area contributed by atoms with Crippen molar-refractivity contribution in [2.24, 2.45) is 0 Å². The molecule has 0 fully saturated rings. The molecule has 1 nitrogen and oxygen atoms in total. The minimum absolute atomic E-state index is 0.151. The van der Waals surface area contributed by atoms with Crippen molar-refractivity contribution in [1.82, 2.24) is 5.32 Å².